The maximum atomic E-state index is 6.01. The molecule has 7 heteroatoms. The second-order valence-electron chi connectivity index (χ2n) is 7.96. The summed E-state index contributed by atoms with van der Waals surface area (Å²) in [4.78, 5) is 14.3. The topological polar surface area (TPSA) is 50.3 Å². The van der Waals surface area contributed by atoms with Gasteiger partial charge in [-0.1, -0.05) is 35.9 Å². The molecule has 32 heavy (non-hydrogen) atoms. The predicted octanol–water partition coefficient (Wildman–Crippen LogP) is 6.21. The first-order valence-electron chi connectivity index (χ1n) is 10.5. The second-order valence-corrected chi connectivity index (χ2v) is 9.60. The number of benzene rings is 2. The molecule has 0 radical (unpaired) electrons. The predicted molar refractivity (Wildman–Crippen MR) is 134 cm³/mol. The van der Waals surface area contributed by atoms with Crippen molar-refractivity contribution in [2.75, 3.05) is 19.5 Å². The molecule has 2 aromatic heterocycles. The summed E-state index contributed by atoms with van der Waals surface area (Å²) in [5, 5.41) is 5.41. The number of methoxy groups -OCH3 is 1. The van der Waals surface area contributed by atoms with Gasteiger partial charge >= 0.3 is 0 Å². The van der Waals surface area contributed by atoms with E-state index in [2.05, 4.69) is 49.3 Å². The minimum absolute atomic E-state index is 0.655. The molecule has 2 heterocycles. The number of hydrogen-bond donors (Lipinski definition) is 1. The zero-order valence-corrected chi connectivity index (χ0v) is 20.3. The molecule has 0 spiro atoms. The van der Waals surface area contributed by atoms with Gasteiger partial charge < -0.3 is 10.1 Å². The summed E-state index contributed by atoms with van der Waals surface area (Å²) in [6, 6.07) is 16.0. The van der Waals surface area contributed by atoms with E-state index in [0.29, 0.717) is 13.1 Å². The van der Waals surface area contributed by atoms with Crippen molar-refractivity contribution in [3.8, 4) is 5.75 Å². The molecule has 1 N–H and O–H groups in total. The summed E-state index contributed by atoms with van der Waals surface area (Å²) in [5.74, 6) is 2.54. The number of rotatable bonds is 8. The third-order valence-corrected chi connectivity index (χ3v) is 6.80. The van der Waals surface area contributed by atoms with Crippen LogP contribution in [0.4, 0.5) is 5.82 Å². The molecule has 2 aromatic carbocycles. The number of aromatic nitrogens is 2. The smallest absolute Gasteiger partial charge is 0.146 e. The van der Waals surface area contributed by atoms with E-state index in [1.807, 2.05) is 30.3 Å². The molecule has 0 aliphatic heterocycles. The normalized spacial score (nSPS) is 11.3. The van der Waals surface area contributed by atoms with Crippen molar-refractivity contribution >= 4 is 39.0 Å². The van der Waals surface area contributed by atoms with Gasteiger partial charge in [0.15, 0.2) is 0 Å². The van der Waals surface area contributed by atoms with Crippen molar-refractivity contribution in [2.24, 2.45) is 0 Å². The first-order valence-corrected chi connectivity index (χ1v) is 11.7. The molecule has 0 saturated heterocycles. The standard InChI is InChI=1S/C25H27ClN4OS/c1-16-17(2)32-25-23(16)24(27-13-19-6-5-7-21(12-19)31-4)28-22(29-25)15-30(3)14-18-8-10-20(26)11-9-18/h5-12H,13-15H2,1-4H3,(H,27,28,29). The largest absolute Gasteiger partial charge is 0.497 e. The van der Waals surface area contributed by atoms with Crippen LogP contribution in [0.3, 0.4) is 0 Å². The van der Waals surface area contributed by atoms with Crippen LogP contribution >= 0.6 is 22.9 Å². The molecule has 0 fully saturated rings. The van der Waals surface area contributed by atoms with Gasteiger partial charge in [-0.15, -0.1) is 11.3 Å². The lowest BCUT2D eigenvalue weighted by Crippen LogP contribution is -2.19. The summed E-state index contributed by atoms with van der Waals surface area (Å²) < 4.78 is 5.35. The van der Waals surface area contributed by atoms with Crippen LogP contribution in [0.5, 0.6) is 5.75 Å². The summed E-state index contributed by atoms with van der Waals surface area (Å²) in [5.41, 5.74) is 3.58. The number of hydrogen-bond acceptors (Lipinski definition) is 6. The highest BCUT2D eigenvalue weighted by atomic mass is 35.5. The maximum absolute atomic E-state index is 6.01. The maximum Gasteiger partial charge on any atom is 0.146 e. The number of halogens is 1. The zero-order chi connectivity index (χ0) is 22.7. The van der Waals surface area contributed by atoms with Crippen LogP contribution in [0.2, 0.25) is 5.02 Å². The van der Waals surface area contributed by atoms with Gasteiger partial charge in [-0.25, -0.2) is 9.97 Å². The van der Waals surface area contributed by atoms with E-state index in [1.54, 1.807) is 18.4 Å². The number of nitrogens with one attached hydrogen (secondary N) is 1. The molecule has 166 valence electrons. The van der Waals surface area contributed by atoms with Gasteiger partial charge in [-0.3, -0.25) is 4.90 Å². The summed E-state index contributed by atoms with van der Waals surface area (Å²) in [6.45, 7) is 6.40. The first kappa shape index (κ1) is 22.5. The van der Waals surface area contributed by atoms with Crippen molar-refractivity contribution in [3.05, 3.63) is 80.9 Å². The zero-order valence-electron chi connectivity index (χ0n) is 18.8. The Kier molecular flexibility index (Phi) is 6.94. The van der Waals surface area contributed by atoms with Gasteiger partial charge in [0, 0.05) is 23.0 Å². The fourth-order valence-corrected chi connectivity index (χ4v) is 4.83. The average molecular weight is 467 g/mol. The SMILES string of the molecule is COc1cccc(CNc2nc(CN(C)Cc3ccc(Cl)cc3)nc3sc(C)c(C)c23)c1. The van der Waals surface area contributed by atoms with Crippen molar-refractivity contribution in [1.29, 1.82) is 0 Å². The number of thiophene rings is 1. The molecule has 0 aliphatic carbocycles. The van der Waals surface area contributed by atoms with Crippen LogP contribution in [-0.2, 0) is 19.6 Å². The van der Waals surface area contributed by atoms with Gasteiger partial charge in [-0.05, 0) is 61.9 Å². The third kappa shape index (κ3) is 5.21. The van der Waals surface area contributed by atoms with E-state index < -0.39 is 0 Å². The molecular weight excluding hydrogens is 440 g/mol. The Labute approximate surface area is 198 Å². The van der Waals surface area contributed by atoms with Crippen molar-refractivity contribution in [2.45, 2.75) is 33.5 Å². The minimum atomic E-state index is 0.655. The molecule has 4 aromatic rings. The van der Waals surface area contributed by atoms with Crippen LogP contribution < -0.4 is 10.1 Å². The lowest BCUT2D eigenvalue weighted by Gasteiger charge is -2.17. The van der Waals surface area contributed by atoms with Crippen LogP contribution in [0, 0.1) is 13.8 Å². The minimum Gasteiger partial charge on any atom is -0.497 e. The molecule has 0 atom stereocenters. The van der Waals surface area contributed by atoms with E-state index in [9.17, 15) is 0 Å². The van der Waals surface area contributed by atoms with Crippen LogP contribution in [-0.4, -0.2) is 29.0 Å². The molecule has 4 rings (SSSR count). The van der Waals surface area contributed by atoms with Crippen LogP contribution in [0.25, 0.3) is 10.2 Å². The van der Waals surface area contributed by atoms with Gasteiger partial charge in [0.05, 0.1) is 19.0 Å². The van der Waals surface area contributed by atoms with Crippen LogP contribution in [0.1, 0.15) is 27.4 Å². The van der Waals surface area contributed by atoms with E-state index >= 15 is 0 Å². The third-order valence-electron chi connectivity index (χ3n) is 5.45. The van der Waals surface area contributed by atoms with E-state index in [0.717, 1.165) is 44.7 Å². The highest BCUT2D eigenvalue weighted by molar-refractivity contribution is 7.18. The molecule has 5 nitrogen and oxygen atoms in total. The van der Waals surface area contributed by atoms with E-state index in [4.69, 9.17) is 26.3 Å². The quantitative estimate of drug-likeness (QED) is 0.334. The average Bonchev–Trinajstić information content (AvgIpc) is 3.07. The Morgan fingerprint density at radius 3 is 2.56 bits per heavy atom. The van der Waals surface area contributed by atoms with E-state index in [-0.39, 0.29) is 0 Å². The second kappa shape index (κ2) is 9.86. The fraction of sp³-hybridized carbons (Fsp3) is 0.280. The Balaban J connectivity index is 1.57. The number of nitrogens with zero attached hydrogens (tertiary/aromatic N) is 3. The molecule has 0 saturated carbocycles. The van der Waals surface area contributed by atoms with Gasteiger partial charge in [0.2, 0.25) is 0 Å². The van der Waals surface area contributed by atoms with Crippen molar-refractivity contribution in [3.63, 3.8) is 0 Å². The molecule has 0 amide bonds. The monoisotopic (exact) mass is 466 g/mol. The highest BCUT2D eigenvalue weighted by Crippen LogP contribution is 2.33. The summed E-state index contributed by atoms with van der Waals surface area (Å²) >= 11 is 7.73. The molecule has 0 aliphatic rings. The molecule has 0 bridgehead atoms. The Hall–Kier alpha value is -2.67. The first-order chi connectivity index (χ1) is 15.4. The van der Waals surface area contributed by atoms with Gasteiger partial charge in [-0.2, -0.15) is 0 Å². The van der Waals surface area contributed by atoms with Crippen molar-refractivity contribution < 1.29 is 4.74 Å². The number of aryl methyl sites for hydroxylation is 2. The lowest BCUT2D eigenvalue weighted by molar-refractivity contribution is 0.311. The number of anilines is 1. The Bertz CT molecular complexity index is 1220. The molecule has 0 unspecified atom stereocenters. The fourth-order valence-electron chi connectivity index (χ4n) is 3.66. The summed E-state index contributed by atoms with van der Waals surface area (Å²) in [6.07, 6.45) is 0. The van der Waals surface area contributed by atoms with Crippen LogP contribution in [0.15, 0.2) is 48.5 Å². The Morgan fingerprint density at radius 2 is 1.81 bits per heavy atom. The Morgan fingerprint density at radius 1 is 1.03 bits per heavy atom. The van der Waals surface area contributed by atoms with E-state index in [1.165, 1.54) is 16.0 Å². The highest BCUT2D eigenvalue weighted by Gasteiger charge is 2.16. The number of ether oxygens (including phenoxy) is 1. The lowest BCUT2D eigenvalue weighted by atomic mass is 10.2. The van der Waals surface area contributed by atoms with Gasteiger partial charge in [0.25, 0.3) is 0 Å². The van der Waals surface area contributed by atoms with Gasteiger partial charge in [0.1, 0.15) is 22.2 Å². The number of fused-ring (bicyclic) bond motifs is 1. The molecular formula is C25H27ClN4OS. The van der Waals surface area contributed by atoms with Crippen molar-refractivity contribution in [1.82, 2.24) is 14.9 Å². The summed E-state index contributed by atoms with van der Waals surface area (Å²) in [7, 11) is 3.77.